The number of hydrogen-bond acceptors (Lipinski definition) is 7. The molecule has 196 valence electrons. The number of likely N-dealkylation sites (N-methyl/N-ethyl adjacent to an activating group) is 1. The van der Waals surface area contributed by atoms with Crippen LogP contribution in [0.5, 0.6) is 0 Å². The summed E-state index contributed by atoms with van der Waals surface area (Å²) in [6, 6.07) is 0. The Hall–Kier alpha value is -2.58. The van der Waals surface area contributed by atoms with Crippen molar-refractivity contribution < 1.29 is 28.6 Å². The van der Waals surface area contributed by atoms with Crippen molar-refractivity contribution in [3.63, 3.8) is 0 Å². The summed E-state index contributed by atoms with van der Waals surface area (Å²) >= 11 is 0. The molecular formula is C18H39Fm2N4O6P. The molecule has 0 radical (unpaired) electrons. The number of nitrogens with one attached hydrogen (secondary N) is 2. The van der Waals surface area contributed by atoms with Crippen LogP contribution in [0.2, 0.25) is 0 Å². The zero-order valence-corrected chi connectivity index (χ0v) is 24.0. The number of carbonyl (C=O) groups is 1. The van der Waals surface area contributed by atoms with Gasteiger partial charge in [-0.3, -0.25) is 14.3 Å². The molecule has 10 nitrogen and oxygen atoms in total. The fourth-order valence-corrected chi connectivity index (χ4v) is 3.55. The predicted molar refractivity (Wildman–Crippen MR) is 112 cm³/mol. The molecule has 0 saturated carbocycles. The minimum atomic E-state index is -3.89. The average molecular weight is 953 g/mol. The average Bonchev–Trinajstić information content (AvgIpc) is 2.67. The smallest absolute Gasteiger partial charge is 0.325 e. The SMILES string of the molecule is CN(CCN1CCCCC1)CC(=O)NCOCCOCCNCCCP(=O)(O)O.[Fm].[Fm]. The summed E-state index contributed by atoms with van der Waals surface area (Å²) in [4.78, 5) is 33.8. The number of ether oxygens (including phenoxy) is 2. The van der Waals surface area contributed by atoms with Crippen LogP contribution in [-0.4, -0.2) is 111 Å². The summed E-state index contributed by atoms with van der Waals surface area (Å²) in [5, 5.41) is 5.79. The fraction of sp³-hybridized carbons (Fsp3) is 0.944. The molecular weight excluding hydrogens is 913 g/mol. The van der Waals surface area contributed by atoms with Crippen LogP contribution < -0.4 is 10.6 Å². The van der Waals surface area contributed by atoms with Gasteiger partial charge >= 0.3 is 7.60 Å². The van der Waals surface area contributed by atoms with E-state index in [1.165, 1.54) is 32.4 Å². The van der Waals surface area contributed by atoms with E-state index in [1.54, 1.807) is 0 Å². The first kappa shape index (κ1) is 30.6. The number of hydrogen-bond donors (Lipinski definition) is 4. The summed E-state index contributed by atoms with van der Waals surface area (Å²) < 4.78 is 21.4. The second-order valence-electron chi connectivity index (χ2n) is 7.40. The second-order valence-corrected chi connectivity index (χ2v) is 9.17. The zero-order chi connectivity index (χ0) is 21.4. The van der Waals surface area contributed by atoms with Crippen LogP contribution in [0.1, 0.15) is 25.7 Å². The third-order valence-electron chi connectivity index (χ3n) is 4.63. The van der Waals surface area contributed by atoms with Gasteiger partial charge in [0.05, 0.1) is 32.5 Å². The molecule has 0 bridgehead atoms. The summed E-state index contributed by atoms with van der Waals surface area (Å²) in [5.41, 5.74) is 0. The van der Waals surface area contributed by atoms with Crippen molar-refractivity contribution >= 4 is 13.5 Å². The third-order valence-corrected chi connectivity index (χ3v) is 5.53. The second kappa shape index (κ2) is 18.2. The summed E-state index contributed by atoms with van der Waals surface area (Å²) in [7, 11) is -1.93. The molecule has 1 saturated heterocycles. The van der Waals surface area contributed by atoms with Gasteiger partial charge in [0.25, 0.3) is 0 Å². The van der Waals surface area contributed by atoms with E-state index in [0.29, 0.717) is 45.9 Å². The topological polar surface area (TPSA) is 124 Å². The Balaban J connectivity index is 0. The van der Waals surface area contributed by atoms with Crippen LogP contribution in [0.3, 0.4) is 0 Å². The van der Waals surface area contributed by atoms with Gasteiger partial charge in [0.1, 0.15) is 6.73 Å². The molecule has 1 rings (SSSR count). The van der Waals surface area contributed by atoms with E-state index in [2.05, 4.69) is 15.5 Å². The van der Waals surface area contributed by atoms with Crippen molar-refractivity contribution in [2.24, 2.45) is 0 Å². The van der Waals surface area contributed by atoms with Crippen molar-refractivity contribution in [2.45, 2.75) is 25.7 Å². The number of piperidine rings is 1. The summed E-state index contributed by atoms with van der Waals surface area (Å²) in [6.45, 7) is 7.23. The molecule has 31 heavy (non-hydrogen) atoms. The van der Waals surface area contributed by atoms with Crippen LogP contribution in [0, 0.1) is 0 Å². The van der Waals surface area contributed by atoms with Gasteiger partial charge < -0.3 is 34.8 Å². The number of nitrogens with zero attached hydrogens (tertiary/aromatic N) is 2. The first-order chi connectivity index (χ1) is 13.9. The zero-order valence-electron chi connectivity index (χ0n) is 18.3. The predicted octanol–water partition coefficient (Wildman–Crippen LogP) is -0.332. The molecule has 1 heterocycles. The fourth-order valence-electron chi connectivity index (χ4n) is 2.98. The Morgan fingerprint density at radius 3 is 2.42 bits per heavy atom. The van der Waals surface area contributed by atoms with Crippen LogP contribution in [0.4, 0.5) is 0 Å². The van der Waals surface area contributed by atoms with Gasteiger partial charge in [-0.15, -0.1) is 0 Å². The van der Waals surface area contributed by atoms with E-state index >= 15 is 0 Å². The monoisotopic (exact) mass is 952 g/mol. The van der Waals surface area contributed by atoms with Crippen LogP contribution in [0.25, 0.3) is 0 Å². The van der Waals surface area contributed by atoms with Crippen LogP contribution in [-0.2, 0) is 18.8 Å². The van der Waals surface area contributed by atoms with Crippen LogP contribution in [0.15, 0.2) is 0 Å². The largest absolute Gasteiger partial charge is 0.378 e. The molecule has 1 amide bonds. The van der Waals surface area contributed by atoms with E-state index < -0.39 is 7.60 Å². The molecule has 1 aliphatic rings. The van der Waals surface area contributed by atoms with Gasteiger partial charge in [0.15, 0.2) is 0 Å². The van der Waals surface area contributed by atoms with E-state index in [0.717, 1.165) is 13.1 Å². The molecule has 1 aliphatic heterocycles. The normalized spacial score (nSPS) is 14.7. The minimum Gasteiger partial charge on any atom is -0.378 e. The maximum atomic E-state index is 11.9. The number of likely N-dealkylation sites (tertiary alicyclic amines) is 1. The van der Waals surface area contributed by atoms with Gasteiger partial charge in [-0.05, 0) is 45.9 Å². The first-order valence-electron chi connectivity index (χ1n) is 10.5. The molecule has 0 aromatic carbocycles. The summed E-state index contributed by atoms with van der Waals surface area (Å²) in [6.07, 6.45) is 4.22. The Bertz CT molecular complexity index is 484. The molecule has 0 aromatic rings. The maximum absolute atomic E-state index is 11.9. The van der Waals surface area contributed by atoms with Crippen molar-refractivity contribution in [1.82, 2.24) is 20.4 Å². The molecule has 4 N–H and O–H groups in total. The van der Waals surface area contributed by atoms with Gasteiger partial charge in [0.2, 0.25) is 5.91 Å². The third kappa shape index (κ3) is 19.1. The Labute approximate surface area is 174 Å². The van der Waals surface area contributed by atoms with Gasteiger partial charge in [0, 0.05) is 19.6 Å². The molecule has 0 aromatic heterocycles. The Morgan fingerprint density at radius 1 is 1.06 bits per heavy atom. The van der Waals surface area contributed by atoms with Gasteiger partial charge in [-0.2, -0.15) is 0 Å². The number of amides is 1. The standard InChI is InChI=1S/C18H39N4O6P.2Fm/c1-21(10-11-22-8-3-2-4-9-22)16-18(23)20-17-28-14-13-27-12-7-19-6-5-15-29(24,25)26;;/h19H,2-17H2,1H3,(H,20,23)(H2,24,25,26);;. The van der Waals surface area contributed by atoms with E-state index in [1.807, 2.05) is 11.9 Å². The van der Waals surface area contributed by atoms with Crippen molar-refractivity contribution in [3.05, 3.63) is 0 Å². The maximum Gasteiger partial charge on any atom is 0.325 e. The number of carbonyl (C=O) groups excluding carboxylic acids is 1. The first-order valence-corrected chi connectivity index (χ1v) is 12.2. The van der Waals surface area contributed by atoms with Crippen molar-refractivity contribution in [3.8, 4) is 0 Å². The van der Waals surface area contributed by atoms with E-state index in [-0.39, 0.29) is 18.8 Å². The Morgan fingerprint density at radius 2 is 1.74 bits per heavy atom. The molecule has 0 aliphatic carbocycles. The van der Waals surface area contributed by atoms with Crippen LogP contribution >= 0.6 is 7.60 Å². The molecule has 0 atom stereocenters. The number of rotatable bonds is 17. The molecule has 0 unspecified atom stereocenters. The quantitative estimate of drug-likeness (QED) is 0.0884. The molecule has 1 fully saturated rings. The van der Waals surface area contributed by atoms with Crippen molar-refractivity contribution in [2.75, 3.05) is 85.6 Å². The van der Waals surface area contributed by atoms with Gasteiger partial charge in [-0.1, -0.05) is 6.42 Å². The minimum absolute atomic E-state index is 0. The van der Waals surface area contributed by atoms with E-state index in [9.17, 15) is 9.36 Å². The summed E-state index contributed by atoms with van der Waals surface area (Å²) in [5.74, 6) is -0.0495. The molecule has 13 heteroatoms. The molecule has 0 spiro atoms. The van der Waals surface area contributed by atoms with Gasteiger partial charge in [-0.25, -0.2) is 0 Å². The van der Waals surface area contributed by atoms with E-state index in [4.69, 9.17) is 19.3 Å². The van der Waals surface area contributed by atoms with Crippen molar-refractivity contribution in [1.29, 1.82) is 0 Å². The Kier molecular flexibility index (Phi) is 18.0.